The van der Waals surface area contributed by atoms with Crippen LogP contribution in [0.4, 0.5) is 0 Å². The van der Waals surface area contributed by atoms with E-state index in [9.17, 15) is 0 Å². The van der Waals surface area contributed by atoms with E-state index in [0.717, 1.165) is 31.2 Å². The van der Waals surface area contributed by atoms with Crippen LogP contribution in [0.3, 0.4) is 0 Å². The van der Waals surface area contributed by atoms with Gasteiger partial charge in [0, 0.05) is 19.0 Å². The molecule has 16 heavy (non-hydrogen) atoms. The van der Waals surface area contributed by atoms with Gasteiger partial charge in [-0.2, -0.15) is 0 Å². The van der Waals surface area contributed by atoms with Gasteiger partial charge in [-0.25, -0.2) is 9.97 Å². The lowest BCUT2D eigenvalue weighted by Crippen LogP contribution is -2.24. The normalized spacial score (nSPS) is 25.6. The molecular weight excluding hydrogens is 200 g/mol. The van der Waals surface area contributed by atoms with Crippen molar-refractivity contribution in [2.45, 2.75) is 45.6 Å². The Labute approximate surface area is 97.3 Å². The first-order valence-electron chi connectivity index (χ1n) is 6.13. The molecule has 2 atom stereocenters. The summed E-state index contributed by atoms with van der Waals surface area (Å²) in [6.45, 7) is 5.09. The van der Waals surface area contributed by atoms with Gasteiger partial charge in [-0.15, -0.1) is 0 Å². The second-order valence-corrected chi connectivity index (χ2v) is 4.82. The lowest BCUT2D eigenvalue weighted by molar-refractivity contribution is -0.0147. The maximum absolute atomic E-state index is 5.79. The van der Waals surface area contributed by atoms with E-state index in [0.29, 0.717) is 6.10 Å². The van der Waals surface area contributed by atoms with Crippen molar-refractivity contribution in [3.63, 3.8) is 0 Å². The summed E-state index contributed by atoms with van der Waals surface area (Å²) < 4.78 is 5.79. The van der Waals surface area contributed by atoms with E-state index in [1.165, 1.54) is 18.4 Å². The molecule has 0 aromatic carbocycles. The van der Waals surface area contributed by atoms with E-state index < -0.39 is 0 Å². The molecule has 0 saturated carbocycles. The Balaban J connectivity index is 1.77. The lowest BCUT2D eigenvalue weighted by Gasteiger charge is -2.26. The average molecular weight is 220 g/mol. The van der Waals surface area contributed by atoms with Gasteiger partial charge in [0.05, 0.1) is 6.10 Å². The van der Waals surface area contributed by atoms with Crippen LogP contribution in [0.15, 0.2) is 12.4 Å². The Morgan fingerprint density at radius 3 is 2.69 bits per heavy atom. The van der Waals surface area contributed by atoms with Gasteiger partial charge < -0.3 is 4.74 Å². The van der Waals surface area contributed by atoms with Crippen molar-refractivity contribution in [3.05, 3.63) is 23.8 Å². The molecule has 0 N–H and O–H groups in total. The van der Waals surface area contributed by atoms with Gasteiger partial charge in [-0.1, -0.05) is 6.92 Å². The molecule has 0 radical (unpaired) electrons. The molecule has 0 amide bonds. The summed E-state index contributed by atoms with van der Waals surface area (Å²) in [5, 5.41) is 0. The van der Waals surface area contributed by atoms with Crippen LogP contribution in [0.25, 0.3) is 0 Å². The fourth-order valence-corrected chi connectivity index (χ4v) is 2.04. The van der Waals surface area contributed by atoms with Gasteiger partial charge in [0.15, 0.2) is 0 Å². The number of aryl methyl sites for hydroxylation is 2. The monoisotopic (exact) mass is 220 g/mol. The van der Waals surface area contributed by atoms with Crippen LogP contribution >= 0.6 is 0 Å². The fraction of sp³-hybridized carbons (Fsp3) is 0.692. The standard InChI is InChI=1S/C13H20N2O/c1-10-3-5-13(16-9-10)6-4-12-7-14-11(2)15-8-12/h7-8,10,13H,3-6,9H2,1-2H3. The largest absolute Gasteiger partial charge is 0.378 e. The summed E-state index contributed by atoms with van der Waals surface area (Å²) in [7, 11) is 0. The Kier molecular flexibility index (Phi) is 3.88. The number of hydrogen-bond acceptors (Lipinski definition) is 3. The van der Waals surface area contributed by atoms with E-state index in [2.05, 4.69) is 16.9 Å². The second kappa shape index (κ2) is 5.39. The quantitative estimate of drug-likeness (QED) is 0.785. The van der Waals surface area contributed by atoms with Crippen molar-refractivity contribution in [3.8, 4) is 0 Å². The topological polar surface area (TPSA) is 35.0 Å². The Morgan fingerprint density at radius 1 is 1.31 bits per heavy atom. The van der Waals surface area contributed by atoms with E-state index >= 15 is 0 Å². The highest BCUT2D eigenvalue weighted by atomic mass is 16.5. The average Bonchev–Trinajstić information content (AvgIpc) is 2.30. The molecule has 0 aliphatic carbocycles. The minimum Gasteiger partial charge on any atom is -0.378 e. The predicted octanol–water partition coefficient (Wildman–Crippen LogP) is 2.53. The molecular formula is C13H20N2O. The molecule has 0 spiro atoms. The van der Waals surface area contributed by atoms with Crippen molar-refractivity contribution in [2.75, 3.05) is 6.61 Å². The number of aromatic nitrogens is 2. The van der Waals surface area contributed by atoms with Crippen LogP contribution in [-0.2, 0) is 11.2 Å². The SMILES string of the molecule is Cc1ncc(CCC2CCC(C)CO2)cn1. The van der Waals surface area contributed by atoms with Crippen LogP contribution in [-0.4, -0.2) is 22.7 Å². The summed E-state index contributed by atoms with van der Waals surface area (Å²) >= 11 is 0. The smallest absolute Gasteiger partial charge is 0.125 e. The Hall–Kier alpha value is -0.960. The van der Waals surface area contributed by atoms with Crippen molar-refractivity contribution in [1.82, 2.24) is 9.97 Å². The van der Waals surface area contributed by atoms with Gasteiger partial charge >= 0.3 is 0 Å². The molecule has 2 unspecified atom stereocenters. The summed E-state index contributed by atoms with van der Waals surface area (Å²) in [6.07, 6.45) is 8.92. The number of nitrogens with zero attached hydrogens (tertiary/aromatic N) is 2. The van der Waals surface area contributed by atoms with Crippen molar-refractivity contribution in [2.24, 2.45) is 5.92 Å². The number of rotatable bonds is 3. The van der Waals surface area contributed by atoms with Gasteiger partial charge in [-0.3, -0.25) is 0 Å². The molecule has 0 bridgehead atoms. The molecule has 1 fully saturated rings. The van der Waals surface area contributed by atoms with Crippen LogP contribution < -0.4 is 0 Å². The van der Waals surface area contributed by atoms with Crippen molar-refractivity contribution >= 4 is 0 Å². The molecule has 1 saturated heterocycles. The predicted molar refractivity (Wildman–Crippen MR) is 63.2 cm³/mol. The zero-order chi connectivity index (χ0) is 11.4. The molecule has 2 rings (SSSR count). The highest BCUT2D eigenvalue weighted by Gasteiger charge is 2.18. The summed E-state index contributed by atoms with van der Waals surface area (Å²) in [4.78, 5) is 8.41. The van der Waals surface area contributed by atoms with E-state index in [1.807, 2.05) is 19.3 Å². The van der Waals surface area contributed by atoms with Crippen molar-refractivity contribution in [1.29, 1.82) is 0 Å². The molecule has 1 aliphatic rings. The Morgan fingerprint density at radius 2 is 2.06 bits per heavy atom. The van der Waals surface area contributed by atoms with Crippen LogP contribution in [0.2, 0.25) is 0 Å². The van der Waals surface area contributed by atoms with Crippen molar-refractivity contribution < 1.29 is 4.74 Å². The van der Waals surface area contributed by atoms with E-state index in [4.69, 9.17) is 4.74 Å². The van der Waals surface area contributed by atoms with Crippen LogP contribution in [0, 0.1) is 12.8 Å². The minimum atomic E-state index is 0.442. The van der Waals surface area contributed by atoms with Gasteiger partial charge in [0.2, 0.25) is 0 Å². The molecule has 1 aliphatic heterocycles. The van der Waals surface area contributed by atoms with Gasteiger partial charge in [0.1, 0.15) is 5.82 Å². The molecule has 3 nitrogen and oxygen atoms in total. The zero-order valence-corrected chi connectivity index (χ0v) is 10.1. The highest BCUT2D eigenvalue weighted by Crippen LogP contribution is 2.21. The third-order valence-electron chi connectivity index (χ3n) is 3.19. The first-order chi connectivity index (χ1) is 7.74. The third-order valence-corrected chi connectivity index (χ3v) is 3.19. The van der Waals surface area contributed by atoms with Crippen LogP contribution in [0.5, 0.6) is 0 Å². The zero-order valence-electron chi connectivity index (χ0n) is 10.1. The lowest BCUT2D eigenvalue weighted by atomic mass is 9.97. The van der Waals surface area contributed by atoms with Gasteiger partial charge in [0.25, 0.3) is 0 Å². The minimum absolute atomic E-state index is 0.442. The first-order valence-corrected chi connectivity index (χ1v) is 6.13. The summed E-state index contributed by atoms with van der Waals surface area (Å²) in [5.74, 6) is 1.57. The molecule has 1 aromatic rings. The third kappa shape index (κ3) is 3.27. The second-order valence-electron chi connectivity index (χ2n) is 4.82. The molecule has 1 aromatic heterocycles. The van der Waals surface area contributed by atoms with Gasteiger partial charge in [-0.05, 0) is 44.1 Å². The number of hydrogen-bond donors (Lipinski definition) is 0. The first kappa shape index (κ1) is 11.5. The fourth-order valence-electron chi connectivity index (χ4n) is 2.04. The summed E-state index contributed by atoms with van der Waals surface area (Å²) in [5.41, 5.74) is 1.22. The highest BCUT2D eigenvalue weighted by molar-refractivity contribution is 5.04. The maximum Gasteiger partial charge on any atom is 0.125 e. The Bertz CT molecular complexity index is 315. The maximum atomic E-state index is 5.79. The molecule has 88 valence electrons. The van der Waals surface area contributed by atoms with Crippen LogP contribution in [0.1, 0.15) is 37.6 Å². The number of ether oxygens (including phenoxy) is 1. The van der Waals surface area contributed by atoms with E-state index in [1.54, 1.807) is 0 Å². The van der Waals surface area contributed by atoms with E-state index in [-0.39, 0.29) is 0 Å². The summed E-state index contributed by atoms with van der Waals surface area (Å²) in [6, 6.07) is 0. The molecule has 3 heteroatoms. The molecule has 2 heterocycles.